The quantitative estimate of drug-likeness (QED) is 0.121. The molecule has 3 nitrogen and oxygen atoms in total. The molecule has 0 unspecified atom stereocenters. The normalized spacial score (nSPS) is 16.6. The first-order valence-electron chi connectivity index (χ1n) is 16.9. The fourth-order valence-corrected chi connectivity index (χ4v) is 6.98. The molecule has 0 atom stereocenters. The Morgan fingerprint density at radius 1 is 0.694 bits per heavy atom. The van der Waals surface area contributed by atoms with Crippen LogP contribution in [0.4, 0.5) is 5.69 Å². The van der Waals surface area contributed by atoms with Crippen LogP contribution in [0.1, 0.15) is 31.4 Å². The van der Waals surface area contributed by atoms with Crippen molar-refractivity contribution in [2.45, 2.75) is 20.3 Å². The van der Waals surface area contributed by atoms with Gasteiger partial charge in [0.2, 0.25) is 0 Å². The zero-order chi connectivity index (χ0) is 33.7. The van der Waals surface area contributed by atoms with Gasteiger partial charge in [0.15, 0.2) is 0 Å². The van der Waals surface area contributed by atoms with E-state index in [1.54, 1.807) is 0 Å². The average Bonchev–Trinajstić information content (AvgIpc) is 3.14. The Hall–Kier alpha value is -5.90. The molecule has 240 valence electrons. The highest BCUT2D eigenvalue weighted by molar-refractivity contribution is 6.21. The second-order valence-corrected chi connectivity index (χ2v) is 12.6. The first kappa shape index (κ1) is 31.7. The third kappa shape index (κ3) is 6.37. The molecule has 0 aliphatic carbocycles. The summed E-state index contributed by atoms with van der Waals surface area (Å²) in [5, 5.41) is 4.97. The molecule has 0 radical (unpaired) electrons. The molecule has 0 saturated carbocycles. The van der Waals surface area contributed by atoms with Gasteiger partial charge in [-0.25, -0.2) is 0 Å². The van der Waals surface area contributed by atoms with Gasteiger partial charge in [0.1, 0.15) is 0 Å². The Kier molecular flexibility index (Phi) is 9.10. The molecule has 4 N–H and O–H groups in total. The predicted molar refractivity (Wildman–Crippen MR) is 212 cm³/mol. The fourth-order valence-electron chi connectivity index (χ4n) is 6.98. The van der Waals surface area contributed by atoms with E-state index < -0.39 is 0 Å². The number of nitrogens with one attached hydrogen (secondary N) is 2. The number of anilines is 1. The van der Waals surface area contributed by atoms with Crippen molar-refractivity contribution in [1.82, 2.24) is 5.43 Å². The van der Waals surface area contributed by atoms with Crippen molar-refractivity contribution in [2.24, 2.45) is 5.73 Å². The Bertz CT molecular complexity index is 2300. The van der Waals surface area contributed by atoms with Crippen molar-refractivity contribution in [3.05, 3.63) is 186 Å². The number of allylic oxidation sites excluding steroid dienone is 7. The highest BCUT2D eigenvalue weighted by Crippen LogP contribution is 2.44. The Labute approximate surface area is 289 Å². The lowest BCUT2D eigenvalue weighted by atomic mass is 9.85. The highest BCUT2D eigenvalue weighted by atomic mass is 15.3. The number of benzene rings is 6. The van der Waals surface area contributed by atoms with Crippen LogP contribution < -0.4 is 16.6 Å². The van der Waals surface area contributed by atoms with Gasteiger partial charge < -0.3 is 16.6 Å². The monoisotopic (exact) mass is 635 g/mol. The Morgan fingerprint density at radius 2 is 1.29 bits per heavy atom. The van der Waals surface area contributed by atoms with Gasteiger partial charge in [-0.15, -0.1) is 0 Å². The number of hydrogen-bond donors (Lipinski definition) is 3. The van der Waals surface area contributed by atoms with Crippen LogP contribution in [0.25, 0.3) is 54.9 Å². The number of rotatable bonds is 7. The Balaban J connectivity index is 1.34. The molecule has 7 rings (SSSR count). The maximum Gasteiger partial charge on any atom is 0.0614 e. The van der Waals surface area contributed by atoms with E-state index in [0.29, 0.717) is 6.54 Å². The minimum absolute atomic E-state index is 0.583. The van der Waals surface area contributed by atoms with Gasteiger partial charge in [-0.05, 0) is 116 Å². The van der Waals surface area contributed by atoms with Crippen molar-refractivity contribution < 1.29 is 0 Å². The summed E-state index contributed by atoms with van der Waals surface area (Å²) in [4.78, 5) is 0. The summed E-state index contributed by atoms with van der Waals surface area (Å²) >= 11 is 0. The molecule has 0 saturated heterocycles. The second kappa shape index (κ2) is 14.1. The van der Waals surface area contributed by atoms with E-state index in [-0.39, 0.29) is 0 Å². The van der Waals surface area contributed by atoms with E-state index in [2.05, 4.69) is 171 Å². The maximum absolute atomic E-state index is 6.04. The molecule has 1 aliphatic heterocycles. The maximum atomic E-state index is 6.04. The summed E-state index contributed by atoms with van der Waals surface area (Å²) in [7, 11) is 0. The van der Waals surface area contributed by atoms with E-state index in [1.807, 2.05) is 12.3 Å². The molecular formula is C46H41N3. The summed E-state index contributed by atoms with van der Waals surface area (Å²) in [6.07, 6.45) is 9.26. The highest BCUT2D eigenvalue weighted by Gasteiger charge is 2.17. The molecule has 0 aromatic heterocycles. The summed E-state index contributed by atoms with van der Waals surface area (Å²) in [6, 6.07) is 45.5. The third-order valence-corrected chi connectivity index (χ3v) is 9.44. The second-order valence-electron chi connectivity index (χ2n) is 12.6. The van der Waals surface area contributed by atoms with Crippen LogP contribution in [0, 0.1) is 0 Å². The summed E-state index contributed by atoms with van der Waals surface area (Å²) < 4.78 is 0. The molecule has 0 amide bonds. The van der Waals surface area contributed by atoms with Crippen LogP contribution in [0.2, 0.25) is 0 Å². The number of para-hydroxylation sites is 1. The standard InChI is InChI=1S/C46H41N3/c1-31-22-23-37(30-48-49-44-21-13-12-18-39(44)38(31)26-27-47)33(3)28-32(2)36-24-25-42-43(29-36)46(35-16-8-5-9-17-35)41-20-11-10-19-40(41)45(42)34-14-6-4-7-15-34/h4-25,28-30,48-49H,3,26-27,47H2,1-2H3/b23-22-,32-28+,37-30+,38-31+. The van der Waals surface area contributed by atoms with Crippen LogP contribution >= 0.6 is 0 Å². The molecule has 3 heteroatoms. The van der Waals surface area contributed by atoms with Crippen molar-refractivity contribution in [1.29, 1.82) is 0 Å². The van der Waals surface area contributed by atoms with Gasteiger partial charge >= 0.3 is 0 Å². The summed E-state index contributed by atoms with van der Waals surface area (Å²) in [5.41, 5.74) is 26.5. The molecule has 0 bridgehead atoms. The molecule has 1 aliphatic rings. The van der Waals surface area contributed by atoms with Crippen molar-refractivity contribution >= 4 is 38.4 Å². The average molecular weight is 636 g/mol. The van der Waals surface area contributed by atoms with E-state index in [9.17, 15) is 0 Å². The van der Waals surface area contributed by atoms with E-state index in [1.165, 1.54) is 54.9 Å². The fraction of sp³-hybridized carbons (Fsp3) is 0.0870. The first-order valence-corrected chi connectivity index (χ1v) is 16.9. The van der Waals surface area contributed by atoms with Gasteiger partial charge in [0.05, 0.1) is 5.69 Å². The summed E-state index contributed by atoms with van der Waals surface area (Å²) in [6.45, 7) is 9.43. The lowest BCUT2D eigenvalue weighted by molar-refractivity contribution is 1.01. The molecular weight excluding hydrogens is 595 g/mol. The molecule has 6 aromatic rings. The zero-order valence-corrected chi connectivity index (χ0v) is 28.1. The van der Waals surface area contributed by atoms with Gasteiger partial charge in [-0.1, -0.05) is 140 Å². The first-order chi connectivity index (χ1) is 24.0. The topological polar surface area (TPSA) is 50.1 Å². The van der Waals surface area contributed by atoms with E-state index in [0.717, 1.165) is 40.0 Å². The minimum Gasteiger partial charge on any atom is -0.330 e. The van der Waals surface area contributed by atoms with Crippen LogP contribution in [0.15, 0.2) is 175 Å². The minimum atomic E-state index is 0.583. The third-order valence-electron chi connectivity index (χ3n) is 9.44. The van der Waals surface area contributed by atoms with Crippen molar-refractivity contribution in [2.75, 3.05) is 12.0 Å². The number of fused-ring (bicyclic) bond motifs is 3. The van der Waals surface area contributed by atoms with Gasteiger partial charge in [-0.2, -0.15) is 0 Å². The van der Waals surface area contributed by atoms with Gasteiger partial charge in [-0.3, -0.25) is 0 Å². The smallest absolute Gasteiger partial charge is 0.0614 e. The Morgan fingerprint density at radius 3 is 1.96 bits per heavy atom. The largest absolute Gasteiger partial charge is 0.330 e. The summed E-state index contributed by atoms with van der Waals surface area (Å²) in [5.74, 6) is 0. The molecule has 1 heterocycles. The number of nitrogens with two attached hydrogens (primary N) is 1. The zero-order valence-electron chi connectivity index (χ0n) is 28.1. The molecule has 6 aromatic carbocycles. The van der Waals surface area contributed by atoms with Crippen molar-refractivity contribution in [3.8, 4) is 22.3 Å². The van der Waals surface area contributed by atoms with Crippen LogP contribution in [-0.4, -0.2) is 6.54 Å². The molecule has 0 spiro atoms. The van der Waals surface area contributed by atoms with Crippen molar-refractivity contribution in [3.63, 3.8) is 0 Å². The van der Waals surface area contributed by atoms with Gasteiger partial charge in [0, 0.05) is 11.8 Å². The number of hydrazine groups is 1. The lowest BCUT2D eigenvalue weighted by Crippen LogP contribution is -2.17. The lowest BCUT2D eigenvalue weighted by Gasteiger charge is -2.19. The molecule has 49 heavy (non-hydrogen) atoms. The number of hydrogen-bond acceptors (Lipinski definition) is 3. The van der Waals surface area contributed by atoms with Crippen LogP contribution in [-0.2, 0) is 0 Å². The van der Waals surface area contributed by atoms with Gasteiger partial charge in [0.25, 0.3) is 0 Å². The van der Waals surface area contributed by atoms with Crippen LogP contribution in [0.3, 0.4) is 0 Å². The van der Waals surface area contributed by atoms with Crippen LogP contribution in [0.5, 0.6) is 0 Å². The van der Waals surface area contributed by atoms with E-state index >= 15 is 0 Å². The van der Waals surface area contributed by atoms with E-state index in [4.69, 9.17) is 5.73 Å². The molecule has 0 fully saturated rings. The predicted octanol–water partition coefficient (Wildman–Crippen LogP) is 11.5. The SMILES string of the molecule is C=C(/C=C(\C)c1ccc2c(-c3ccccc3)c3ccccc3c(-c3ccccc3)c2c1)C1=C/NNc2ccccc2/C(CCN)=C(C)/C=C\1.